The second-order valence-corrected chi connectivity index (χ2v) is 4.86. The lowest BCUT2D eigenvalue weighted by atomic mass is 10.1. The van der Waals surface area contributed by atoms with Crippen LogP contribution in [0.3, 0.4) is 0 Å². The van der Waals surface area contributed by atoms with Gasteiger partial charge in [0, 0.05) is 39.8 Å². The first-order valence-corrected chi connectivity index (χ1v) is 6.12. The van der Waals surface area contributed by atoms with Crippen LogP contribution in [0.4, 0.5) is 4.39 Å². The minimum absolute atomic E-state index is 0. The second-order valence-electron chi connectivity index (χ2n) is 4.46. The van der Waals surface area contributed by atoms with Gasteiger partial charge < -0.3 is 9.80 Å². The Hall–Kier alpha value is -0.560. The molecule has 0 unspecified atom stereocenters. The first-order chi connectivity index (χ1) is 8.41. The van der Waals surface area contributed by atoms with Crippen LogP contribution < -0.4 is 0 Å². The van der Waals surface area contributed by atoms with Crippen LogP contribution >= 0.6 is 35.6 Å². The second kappa shape index (κ2) is 8.58. The van der Waals surface area contributed by atoms with Crippen LogP contribution in [-0.4, -0.2) is 50.5 Å². The predicted octanol–water partition coefficient (Wildman–Crippen LogP) is 3.12. The average molecular weight is 400 g/mol. The number of aliphatic imine (C=N–C) groups is 1. The fourth-order valence-electron chi connectivity index (χ4n) is 1.68. The monoisotopic (exact) mass is 399 g/mol. The van der Waals surface area contributed by atoms with Crippen LogP contribution in [0.2, 0.25) is 5.02 Å². The fraction of sp³-hybridized carbons (Fsp3) is 0.462. The molecule has 19 heavy (non-hydrogen) atoms. The molecule has 1 aromatic rings. The van der Waals surface area contributed by atoms with E-state index in [9.17, 15) is 4.39 Å². The molecular weight excluding hydrogens is 380 g/mol. The van der Waals surface area contributed by atoms with E-state index >= 15 is 0 Å². The molecule has 0 heterocycles. The van der Waals surface area contributed by atoms with Crippen LogP contribution in [0.15, 0.2) is 23.2 Å². The van der Waals surface area contributed by atoms with Gasteiger partial charge in [0.1, 0.15) is 5.82 Å². The molecule has 0 spiro atoms. The van der Waals surface area contributed by atoms with Crippen molar-refractivity contribution < 1.29 is 4.39 Å². The molecule has 0 amide bonds. The summed E-state index contributed by atoms with van der Waals surface area (Å²) in [4.78, 5) is 8.40. The number of rotatable bonds is 3. The van der Waals surface area contributed by atoms with Gasteiger partial charge in [-0.3, -0.25) is 4.99 Å². The number of benzene rings is 1. The zero-order valence-corrected chi connectivity index (χ0v) is 14.7. The zero-order valence-electron chi connectivity index (χ0n) is 11.7. The molecule has 0 saturated heterocycles. The molecule has 3 nitrogen and oxygen atoms in total. The third-order valence-corrected chi connectivity index (χ3v) is 2.80. The zero-order chi connectivity index (χ0) is 13.7. The van der Waals surface area contributed by atoms with Crippen molar-refractivity contribution in [2.45, 2.75) is 6.42 Å². The van der Waals surface area contributed by atoms with Crippen LogP contribution in [0.1, 0.15) is 5.56 Å². The van der Waals surface area contributed by atoms with Gasteiger partial charge in [-0.05, 0) is 24.1 Å². The van der Waals surface area contributed by atoms with Crippen LogP contribution in [0.25, 0.3) is 0 Å². The summed E-state index contributed by atoms with van der Waals surface area (Å²) in [6.45, 7) is 0.622. The summed E-state index contributed by atoms with van der Waals surface area (Å²) in [5, 5.41) is 0.460. The summed E-state index contributed by atoms with van der Waals surface area (Å²) in [7, 11) is 7.79. The molecule has 0 radical (unpaired) electrons. The Morgan fingerprint density at radius 2 is 1.79 bits per heavy atom. The molecule has 0 saturated carbocycles. The van der Waals surface area contributed by atoms with E-state index in [1.54, 1.807) is 6.07 Å². The van der Waals surface area contributed by atoms with Crippen molar-refractivity contribution in [3.8, 4) is 0 Å². The van der Waals surface area contributed by atoms with Gasteiger partial charge in [-0.2, -0.15) is 0 Å². The van der Waals surface area contributed by atoms with Gasteiger partial charge in [-0.15, -0.1) is 24.0 Å². The molecule has 0 aliphatic carbocycles. The van der Waals surface area contributed by atoms with Crippen LogP contribution in [0, 0.1) is 5.82 Å². The lowest BCUT2D eigenvalue weighted by molar-refractivity contribution is 0.479. The lowest BCUT2D eigenvalue weighted by Gasteiger charge is -2.22. The SMILES string of the molecule is CN(C)C(=NCCc1ccc(F)cc1Cl)N(C)C.I. The number of hydrogen-bond acceptors (Lipinski definition) is 1. The topological polar surface area (TPSA) is 18.8 Å². The quantitative estimate of drug-likeness (QED) is 0.442. The fourth-order valence-corrected chi connectivity index (χ4v) is 1.95. The van der Waals surface area contributed by atoms with Crippen molar-refractivity contribution in [2.75, 3.05) is 34.7 Å². The van der Waals surface area contributed by atoms with E-state index in [1.807, 2.05) is 38.0 Å². The Morgan fingerprint density at radius 3 is 2.26 bits per heavy atom. The summed E-state index contributed by atoms with van der Waals surface area (Å²) >= 11 is 5.96. The van der Waals surface area contributed by atoms with Gasteiger partial charge in [0.2, 0.25) is 0 Å². The first-order valence-electron chi connectivity index (χ1n) is 5.75. The Balaban J connectivity index is 0.00000324. The number of nitrogens with zero attached hydrogens (tertiary/aromatic N) is 3. The third kappa shape index (κ3) is 5.95. The van der Waals surface area contributed by atoms with Crippen LogP contribution in [0.5, 0.6) is 0 Å². The maximum absolute atomic E-state index is 12.9. The summed E-state index contributed by atoms with van der Waals surface area (Å²) in [6.07, 6.45) is 0.699. The Morgan fingerprint density at radius 1 is 1.21 bits per heavy atom. The highest BCUT2D eigenvalue weighted by Crippen LogP contribution is 2.17. The van der Waals surface area contributed by atoms with Crippen molar-refractivity contribution in [1.29, 1.82) is 0 Å². The summed E-state index contributed by atoms with van der Waals surface area (Å²) < 4.78 is 12.9. The van der Waals surface area contributed by atoms with E-state index in [0.29, 0.717) is 18.0 Å². The normalized spacial score (nSPS) is 9.58. The molecule has 0 fully saturated rings. The van der Waals surface area contributed by atoms with Crippen molar-refractivity contribution in [1.82, 2.24) is 9.80 Å². The van der Waals surface area contributed by atoms with Crippen molar-refractivity contribution >= 4 is 41.5 Å². The van der Waals surface area contributed by atoms with E-state index in [0.717, 1.165) is 11.5 Å². The molecule has 0 aromatic heterocycles. The molecular formula is C13H20ClFIN3. The number of hydrogen-bond donors (Lipinski definition) is 0. The highest BCUT2D eigenvalue weighted by Gasteiger charge is 2.05. The number of guanidine groups is 1. The smallest absolute Gasteiger partial charge is 0.195 e. The maximum Gasteiger partial charge on any atom is 0.195 e. The van der Waals surface area contributed by atoms with Gasteiger partial charge in [0.15, 0.2) is 5.96 Å². The maximum atomic E-state index is 12.9. The number of halogens is 3. The van der Waals surface area contributed by atoms with Crippen molar-refractivity contribution in [3.63, 3.8) is 0 Å². The van der Waals surface area contributed by atoms with E-state index < -0.39 is 0 Å². The minimum atomic E-state index is -0.311. The van der Waals surface area contributed by atoms with E-state index in [1.165, 1.54) is 12.1 Å². The first kappa shape index (κ1) is 18.4. The Labute approximate surface area is 136 Å². The highest BCUT2D eigenvalue weighted by molar-refractivity contribution is 14.0. The Bertz CT molecular complexity index is 426. The summed E-state index contributed by atoms with van der Waals surface area (Å²) in [5.74, 6) is 0.586. The van der Waals surface area contributed by atoms with Crippen LogP contribution in [-0.2, 0) is 6.42 Å². The molecule has 1 aromatic carbocycles. The molecule has 0 aliphatic rings. The largest absolute Gasteiger partial charge is 0.349 e. The predicted molar refractivity (Wildman–Crippen MR) is 90.2 cm³/mol. The van der Waals surface area contributed by atoms with E-state index in [2.05, 4.69) is 4.99 Å². The van der Waals surface area contributed by atoms with Gasteiger partial charge >= 0.3 is 0 Å². The summed E-state index contributed by atoms with van der Waals surface area (Å²) in [6, 6.07) is 4.46. The Kier molecular flexibility index (Phi) is 8.33. The third-order valence-electron chi connectivity index (χ3n) is 2.45. The van der Waals surface area contributed by atoms with Gasteiger partial charge in [-0.25, -0.2) is 4.39 Å². The van der Waals surface area contributed by atoms with E-state index in [4.69, 9.17) is 11.6 Å². The van der Waals surface area contributed by atoms with Gasteiger partial charge in [0.25, 0.3) is 0 Å². The van der Waals surface area contributed by atoms with E-state index in [-0.39, 0.29) is 29.8 Å². The summed E-state index contributed by atoms with van der Waals surface area (Å²) in [5.41, 5.74) is 0.915. The van der Waals surface area contributed by atoms with Gasteiger partial charge in [-0.1, -0.05) is 17.7 Å². The van der Waals surface area contributed by atoms with Gasteiger partial charge in [0.05, 0.1) is 0 Å². The molecule has 0 atom stereocenters. The molecule has 6 heteroatoms. The molecule has 0 bridgehead atoms. The molecule has 0 aliphatic heterocycles. The molecule has 1 rings (SSSR count). The average Bonchev–Trinajstić information content (AvgIpc) is 2.25. The van der Waals surface area contributed by atoms with Crippen molar-refractivity contribution in [3.05, 3.63) is 34.6 Å². The molecule has 0 N–H and O–H groups in total. The highest BCUT2D eigenvalue weighted by atomic mass is 127. The minimum Gasteiger partial charge on any atom is -0.349 e. The standard InChI is InChI=1S/C13H19ClFN3.HI/c1-17(2)13(18(3)4)16-8-7-10-5-6-11(15)9-12(10)14;/h5-6,9H,7-8H2,1-4H3;1H. The van der Waals surface area contributed by atoms with Crippen molar-refractivity contribution in [2.24, 2.45) is 4.99 Å². The lowest BCUT2D eigenvalue weighted by Crippen LogP contribution is -2.35. The molecule has 108 valence electrons.